The first-order chi connectivity index (χ1) is 13.5. The molecule has 3 aliphatic heterocycles. The van der Waals surface area contributed by atoms with E-state index < -0.39 is 10.0 Å². The number of sulfonamides is 1. The van der Waals surface area contributed by atoms with Gasteiger partial charge in [-0.3, -0.25) is 4.90 Å². The van der Waals surface area contributed by atoms with E-state index in [1.165, 1.54) is 11.1 Å². The Morgan fingerprint density at radius 1 is 1.25 bits per heavy atom. The second kappa shape index (κ2) is 8.30. The molecule has 0 saturated carbocycles. The predicted octanol–water partition coefficient (Wildman–Crippen LogP) is 2.15. The molecule has 4 rings (SSSR count). The lowest BCUT2D eigenvalue weighted by Gasteiger charge is -2.51. The highest BCUT2D eigenvalue weighted by Crippen LogP contribution is 2.44. The SMILES string of the molecule is COc1ccc2c(c1)CCN1C[C@@H]3CCCN(S(=O)(=O)CCCCN)[C@@H]3C[C@@H]21. The molecule has 0 aliphatic carbocycles. The second-order valence-corrected chi connectivity index (χ2v) is 10.5. The van der Waals surface area contributed by atoms with Crippen molar-refractivity contribution in [1.29, 1.82) is 0 Å². The zero-order valence-electron chi connectivity index (χ0n) is 16.8. The molecule has 0 amide bonds. The smallest absolute Gasteiger partial charge is 0.214 e. The van der Waals surface area contributed by atoms with E-state index in [2.05, 4.69) is 17.0 Å². The maximum Gasteiger partial charge on any atom is 0.214 e. The van der Waals surface area contributed by atoms with E-state index in [0.29, 0.717) is 31.5 Å². The van der Waals surface area contributed by atoms with Gasteiger partial charge >= 0.3 is 0 Å². The molecular formula is C21H33N3O3S. The van der Waals surface area contributed by atoms with Crippen LogP contribution in [0.5, 0.6) is 5.75 Å². The van der Waals surface area contributed by atoms with Crippen LogP contribution in [0, 0.1) is 5.92 Å². The van der Waals surface area contributed by atoms with Crippen LogP contribution < -0.4 is 10.5 Å². The van der Waals surface area contributed by atoms with Crippen LogP contribution in [-0.4, -0.2) is 62.7 Å². The number of nitrogens with zero attached hydrogens (tertiary/aromatic N) is 2. The number of piperidine rings is 2. The number of methoxy groups -OCH3 is 1. The molecule has 2 saturated heterocycles. The molecule has 1 aromatic rings. The van der Waals surface area contributed by atoms with Gasteiger partial charge in [-0.15, -0.1) is 0 Å². The van der Waals surface area contributed by atoms with Crippen LogP contribution in [-0.2, 0) is 16.4 Å². The van der Waals surface area contributed by atoms with Crippen LogP contribution in [0.25, 0.3) is 0 Å². The third-order valence-electron chi connectivity index (χ3n) is 6.83. The second-order valence-electron chi connectivity index (χ2n) is 8.45. The minimum atomic E-state index is -3.21. The maximum atomic E-state index is 13.1. The Morgan fingerprint density at radius 3 is 2.89 bits per heavy atom. The Hall–Kier alpha value is -1.15. The Balaban J connectivity index is 1.57. The Labute approximate surface area is 169 Å². The summed E-state index contributed by atoms with van der Waals surface area (Å²) in [5, 5.41) is 0. The average molecular weight is 408 g/mol. The summed E-state index contributed by atoms with van der Waals surface area (Å²) < 4.78 is 33.4. The molecule has 3 atom stereocenters. The van der Waals surface area contributed by atoms with Crippen molar-refractivity contribution in [1.82, 2.24) is 9.21 Å². The van der Waals surface area contributed by atoms with Crippen molar-refractivity contribution >= 4 is 10.0 Å². The molecule has 0 bridgehead atoms. The number of benzene rings is 1. The fraction of sp³-hybridized carbons (Fsp3) is 0.714. The van der Waals surface area contributed by atoms with Crippen LogP contribution in [0.4, 0.5) is 0 Å². The predicted molar refractivity (Wildman–Crippen MR) is 111 cm³/mol. The monoisotopic (exact) mass is 407 g/mol. The van der Waals surface area contributed by atoms with E-state index >= 15 is 0 Å². The van der Waals surface area contributed by atoms with E-state index in [1.54, 1.807) is 7.11 Å². The highest BCUT2D eigenvalue weighted by molar-refractivity contribution is 7.89. The van der Waals surface area contributed by atoms with E-state index in [4.69, 9.17) is 10.5 Å². The number of nitrogens with two attached hydrogens (primary N) is 1. The lowest BCUT2D eigenvalue weighted by atomic mass is 9.77. The maximum absolute atomic E-state index is 13.1. The lowest BCUT2D eigenvalue weighted by Crippen LogP contribution is -2.57. The number of hydrogen-bond donors (Lipinski definition) is 1. The molecule has 1 aromatic carbocycles. The van der Waals surface area contributed by atoms with Crippen LogP contribution in [0.1, 0.15) is 49.3 Å². The zero-order valence-corrected chi connectivity index (χ0v) is 17.7. The molecule has 0 spiro atoms. The zero-order chi connectivity index (χ0) is 19.7. The van der Waals surface area contributed by atoms with Crippen molar-refractivity contribution in [3.05, 3.63) is 29.3 Å². The molecule has 3 aliphatic rings. The Bertz CT molecular complexity index is 798. The average Bonchev–Trinajstić information content (AvgIpc) is 2.71. The molecule has 2 fully saturated rings. The molecule has 28 heavy (non-hydrogen) atoms. The third-order valence-corrected chi connectivity index (χ3v) is 8.81. The normalized spacial score (nSPS) is 28.3. The molecule has 2 N–H and O–H groups in total. The van der Waals surface area contributed by atoms with Crippen molar-refractivity contribution in [2.24, 2.45) is 11.7 Å². The van der Waals surface area contributed by atoms with Crippen LogP contribution in [0.3, 0.4) is 0 Å². The standard InChI is InChI=1S/C21H33N3O3S/c1-27-18-6-7-19-16(13-18)8-11-23-15-17-5-4-10-24(20(17)14-21(19)23)28(25,26)12-3-2-9-22/h6-7,13,17,20-21H,2-5,8-12,14-15,22H2,1H3/t17-,20+,21-/m0/s1. The van der Waals surface area contributed by atoms with Gasteiger partial charge in [-0.1, -0.05) is 6.07 Å². The molecule has 7 heteroatoms. The Morgan fingerprint density at radius 2 is 2.11 bits per heavy atom. The summed E-state index contributed by atoms with van der Waals surface area (Å²) in [5.41, 5.74) is 8.27. The number of ether oxygens (including phenoxy) is 1. The highest BCUT2D eigenvalue weighted by Gasteiger charge is 2.45. The first kappa shape index (κ1) is 20.1. The highest BCUT2D eigenvalue weighted by atomic mass is 32.2. The molecule has 6 nitrogen and oxygen atoms in total. The molecule has 0 unspecified atom stereocenters. The van der Waals surface area contributed by atoms with Crippen LogP contribution in [0.15, 0.2) is 18.2 Å². The lowest BCUT2D eigenvalue weighted by molar-refractivity contribution is 0.0219. The van der Waals surface area contributed by atoms with Gasteiger partial charge in [0.05, 0.1) is 12.9 Å². The van der Waals surface area contributed by atoms with Gasteiger partial charge in [-0.25, -0.2) is 8.42 Å². The fourth-order valence-corrected chi connectivity index (χ4v) is 7.29. The number of fused-ring (bicyclic) bond motifs is 4. The van der Waals surface area contributed by atoms with Crippen molar-refractivity contribution in [3.63, 3.8) is 0 Å². The summed E-state index contributed by atoms with van der Waals surface area (Å²) in [4.78, 5) is 2.58. The first-order valence-electron chi connectivity index (χ1n) is 10.6. The van der Waals surface area contributed by atoms with E-state index in [1.807, 2.05) is 10.4 Å². The van der Waals surface area contributed by atoms with Gasteiger partial charge < -0.3 is 10.5 Å². The minimum Gasteiger partial charge on any atom is -0.497 e. The number of hydrogen-bond acceptors (Lipinski definition) is 5. The summed E-state index contributed by atoms with van der Waals surface area (Å²) in [7, 11) is -1.51. The van der Waals surface area contributed by atoms with Gasteiger partial charge in [0.2, 0.25) is 10.0 Å². The summed E-state index contributed by atoms with van der Waals surface area (Å²) >= 11 is 0. The van der Waals surface area contributed by atoms with Gasteiger partial charge in [0.25, 0.3) is 0 Å². The number of rotatable bonds is 6. The molecule has 156 valence electrons. The van der Waals surface area contributed by atoms with Crippen molar-refractivity contribution in [3.8, 4) is 5.75 Å². The first-order valence-corrected chi connectivity index (χ1v) is 12.2. The van der Waals surface area contributed by atoms with Crippen LogP contribution in [0.2, 0.25) is 0 Å². The quantitative estimate of drug-likeness (QED) is 0.731. The van der Waals surface area contributed by atoms with Gasteiger partial charge in [0, 0.05) is 31.7 Å². The van der Waals surface area contributed by atoms with Crippen molar-refractivity contribution in [2.75, 3.05) is 39.0 Å². The van der Waals surface area contributed by atoms with Gasteiger partial charge in [0.15, 0.2) is 0 Å². The Kier molecular flexibility index (Phi) is 5.97. The molecule has 3 heterocycles. The summed E-state index contributed by atoms with van der Waals surface area (Å²) in [6.45, 7) is 3.29. The van der Waals surface area contributed by atoms with Gasteiger partial charge in [-0.05, 0) is 74.2 Å². The van der Waals surface area contributed by atoms with Crippen molar-refractivity contribution < 1.29 is 13.2 Å². The van der Waals surface area contributed by atoms with Gasteiger partial charge in [0.1, 0.15) is 5.75 Å². The number of unbranched alkanes of at least 4 members (excludes halogenated alkanes) is 1. The van der Waals surface area contributed by atoms with Gasteiger partial charge in [-0.2, -0.15) is 4.31 Å². The summed E-state index contributed by atoms with van der Waals surface area (Å²) in [5.74, 6) is 1.59. The van der Waals surface area contributed by atoms with E-state index in [-0.39, 0.29) is 11.8 Å². The topological polar surface area (TPSA) is 75.9 Å². The van der Waals surface area contributed by atoms with E-state index in [0.717, 1.165) is 50.9 Å². The summed E-state index contributed by atoms with van der Waals surface area (Å²) in [6.07, 6.45) is 5.49. The largest absolute Gasteiger partial charge is 0.497 e. The van der Waals surface area contributed by atoms with E-state index in [9.17, 15) is 8.42 Å². The van der Waals surface area contributed by atoms with Crippen molar-refractivity contribution in [2.45, 2.75) is 50.6 Å². The third kappa shape index (κ3) is 3.82. The minimum absolute atomic E-state index is 0.130. The van der Waals surface area contributed by atoms with Crippen LogP contribution >= 0.6 is 0 Å². The fourth-order valence-electron chi connectivity index (χ4n) is 5.41. The summed E-state index contributed by atoms with van der Waals surface area (Å²) in [6, 6.07) is 6.83. The molecular weight excluding hydrogens is 374 g/mol. The molecule has 0 radical (unpaired) electrons. The molecule has 0 aromatic heterocycles.